The van der Waals surface area contributed by atoms with E-state index in [1.165, 1.54) is 0 Å². The second-order valence-corrected chi connectivity index (χ2v) is 4.98. The SMILES string of the molecule is COc1ccc(-c2ncc(Br)c(N)n2)cc1Br. The quantitative estimate of drug-likeness (QED) is 0.894. The Bertz CT molecular complexity index is 560. The molecule has 0 saturated carbocycles. The molecular formula is C11H9Br2N3O. The molecule has 6 heteroatoms. The zero-order valence-electron chi connectivity index (χ0n) is 8.95. The molecule has 17 heavy (non-hydrogen) atoms. The fourth-order valence-corrected chi connectivity index (χ4v) is 2.06. The molecular weight excluding hydrogens is 350 g/mol. The number of anilines is 1. The topological polar surface area (TPSA) is 61.0 Å². The van der Waals surface area contributed by atoms with Crippen LogP contribution in [0.3, 0.4) is 0 Å². The summed E-state index contributed by atoms with van der Waals surface area (Å²) in [6.07, 6.45) is 1.63. The first-order valence-corrected chi connectivity index (χ1v) is 6.32. The number of nitrogens with two attached hydrogens (primary N) is 1. The number of rotatable bonds is 2. The summed E-state index contributed by atoms with van der Waals surface area (Å²) in [6, 6.07) is 5.62. The standard InChI is InChI=1S/C11H9Br2N3O/c1-17-9-3-2-6(4-7(9)12)11-15-5-8(13)10(14)16-11/h2-5H,1H3,(H2,14,15,16). The van der Waals surface area contributed by atoms with Crippen molar-refractivity contribution in [3.8, 4) is 17.1 Å². The summed E-state index contributed by atoms with van der Waals surface area (Å²) in [4.78, 5) is 8.40. The molecule has 0 aliphatic carbocycles. The molecule has 0 bridgehead atoms. The van der Waals surface area contributed by atoms with Gasteiger partial charge in [0.2, 0.25) is 0 Å². The van der Waals surface area contributed by atoms with E-state index in [1.807, 2.05) is 18.2 Å². The van der Waals surface area contributed by atoms with Crippen molar-refractivity contribution in [2.24, 2.45) is 0 Å². The number of halogens is 2. The van der Waals surface area contributed by atoms with Crippen molar-refractivity contribution in [2.45, 2.75) is 0 Å². The minimum Gasteiger partial charge on any atom is -0.496 e. The van der Waals surface area contributed by atoms with Gasteiger partial charge in [-0.15, -0.1) is 0 Å². The van der Waals surface area contributed by atoms with Crippen LogP contribution in [-0.2, 0) is 0 Å². The summed E-state index contributed by atoms with van der Waals surface area (Å²) in [6.45, 7) is 0. The van der Waals surface area contributed by atoms with Crippen LogP contribution >= 0.6 is 31.9 Å². The van der Waals surface area contributed by atoms with Gasteiger partial charge in [0.25, 0.3) is 0 Å². The second-order valence-electron chi connectivity index (χ2n) is 3.28. The molecule has 0 unspecified atom stereocenters. The highest BCUT2D eigenvalue weighted by Crippen LogP contribution is 2.29. The third-order valence-electron chi connectivity index (χ3n) is 2.18. The van der Waals surface area contributed by atoms with E-state index in [1.54, 1.807) is 13.3 Å². The van der Waals surface area contributed by atoms with E-state index >= 15 is 0 Å². The first-order chi connectivity index (χ1) is 8.11. The van der Waals surface area contributed by atoms with E-state index in [0.717, 1.165) is 15.8 Å². The van der Waals surface area contributed by atoms with Crippen molar-refractivity contribution in [1.82, 2.24) is 9.97 Å². The first-order valence-electron chi connectivity index (χ1n) is 4.73. The number of aromatic nitrogens is 2. The lowest BCUT2D eigenvalue weighted by molar-refractivity contribution is 0.412. The molecule has 0 fully saturated rings. The van der Waals surface area contributed by atoms with Crippen LogP contribution < -0.4 is 10.5 Å². The number of methoxy groups -OCH3 is 1. The lowest BCUT2D eigenvalue weighted by atomic mass is 10.2. The van der Waals surface area contributed by atoms with Gasteiger partial charge >= 0.3 is 0 Å². The number of benzene rings is 1. The predicted molar refractivity (Wildman–Crippen MR) is 73.8 cm³/mol. The third kappa shape index (κ3) is 2.58. The van der Waals surface area contributed by atoms with Crippen molar-refractivity contribution >= 4 is 37.7 Å². The first kappa shape index (κ1) is 12.3. The fourth-order valence-electron chi connectivity index (χ4n) is 1.32. The minimum atomic E-state index is 0.418. The Morgan fingerprint density at radius 2 is 2.00 bits per heavy atom. The summed E-state index contributed by atoms with van der Waals surface area (Å²) in [5, 5.41) is 0. The summed E-state index contributed by atoms with van der Waals surface area (Å²) < 4.78 is 6.70. The molecule has 1 heterocycles. The molecule has 0 amide bonds. The van der Waals surface area contributed by atoms with E-state index in [-0.39, 0.29) is 0 Å². The van der Waals surface area contributed by atoms with E-state index in [0.29, 0.717) is 16.1 Å². The van der Waals surface area contributed by atoms with Gasteiger partial charge in [-0.3, -0.25) is 0 Å². The molecule has 2 rings (SSSR count). The molecule has 2 N–H and O–H groups in total. The summed E-state index contributed by atoms with van der Waals surface area (Å²) >= 11 is 6.68. The Balaban J connectivity index is 2.46. The van der Waals surface area contributed by atoms with Gasteiger partial charge in [-0.05, 0) is 50.1 Å². The number of nitrogen functional groups attached to an aromatic ring is 1. The molecule has 0 aliphatic rings. The molecule has 2 aromatic rings. The average Bonchev–Trinajstić information content (AvgIpc) is 2.32. The van der Waals surface area contributed by atoms with E-state index in [2.05, 4.69) is 41.8 Å². The highest BCUT2D eigenvalue weighted by atomic mass is 79.9. The number of hydrogen-bond acceptors (Lipinski definition) is 4. The molecule has 1 aromatic heterocycles. The van der Waals surface area contributed by atoms with Gasteiger partial charge in [0.05, 0.1) is 16.1 Å². The Labute approximate surface area is 115 Å². The van der Waals surface area contributed by atoms with Gasteiger partial charge < -0.3 is 10.5 Å². The van der Waals surface area contributed by atoms with Crippen molar-refractivity contribution in [3.63, 3.8) is 0 Å². The van der Waals surface area contributed by atoms with Crippen LogP contribution in [0.4, 0.5) is 5.82 Å². The van der Waals surface area contributed by atoms with Gasteiger partial charge in [-0.2, -0.15) is 0 Å². The Morgan fingerprint density at radius 3 is 2.59 bits per heavy atom. The van der Waals surface area contributed by atoms with Gasteiger partial charge in [0.1, 0.15) is 11.6 Å². The van der Waals surface area contributed by atoms with E-state index in [9.17, 15) is 0 Å². The molecule has 0 radical (unpaired) electrons. The number of hydrogen-bond donors (Lipinski definition) is 1. The van der Waals surface area contributed by atoms with Gasteiger partial charge in [0, 0.05) is 11.8 Å². The fraction of sp³-hybridized carbons (Fsp3) is 0.0909. The Morgan fingerprint density at radius 1 is 1.24 bits per heavy atom. The molecule has 4 nitrogen and oxygen atoms in total. The largest absolute Gasteiger partial charge is 0.496 e. The van der Waals surface area contributed by atoms with Crippen LogP contribution in [0.5, 0.6) is 5.75 Å². The van der Waals surface area contributed by atoms with Crippen LogP contribution in [-0.4, -0.2) is 17.1 Å². The normalized spacial score (nSPS) is 10.3. The Hall–Kier alpha value is -1.14. The molecule has 88 valence electrons. The third-order valence-corrected chi connectivity index (χ3v) is 3.41. The zero-order chi connectivity index (χ0) is 12.4. The van der Waals surface area contributed by atoms with Crippen LogP contribution in [0.25, 0.3) is 11.4 Å². The minimum absolute atomic E-state index is 0.418. The summed E-state index contributed by atoms with van der Waals surface area (Å²) in [5.41, 5.74) is 6.59. The molecule has 1 aromatic carbocycles. The van der Waals surface area contributed by atoms with Gasteiger partial charge in [0.15, 0.2) is 5.82 Å². The average molecular weight is 359 g/mol. The number of nitrogens with zero attached hydrogens (tertiary/aromatic N) is 2. The molecule has 0 aliphatic heterocycles. The Kier molecular flexibility index (Phi) is 3.63. The summed E-state index contributed by atoms with van der Waals surface area (Å²) in [5.74, 6) is 1.76. The van der Waals surface area contributed by atoms with E-state index < -0.39 is 0 Å². The highest BCUT2D eigenvalue weighted by molar-refractivity contribution is 9.11. The van der Waals surface area contributed by atoms with E-state index in [4.69, 9.17) is 10.5 Å². The van der Waals surface area contributed by atoms with Crippen LogP contribution in [0.2, 0.25) is 0 Å². The number of ether oxygens (including phenoxy) is 1. The molecule has 0 saturated heterocycles. The maximum absolute atomic E-state index is 5.72. The lowest BCUT2D eigenvalue weighted by Crippen LogP contribution is -1.96. The van der Waals surface area contributed by atoms with Gasteiger partial charge in [-0.25, -0.2) is 9.97 Å². The predicted octanol–water partition coefficient (Wildman–Crippen LogP) is 3.26. The molecule has 0 atom stereocenters. The zero-order valence-corrected chi connectivity index (χ0v) is 12.1. The maximum Gasteiger partial charge on any atom is 0.161 e. The van der Waals surface area contributed by atoms with Crippen LogP contribution in [0, 0.1) is 0 Å². The van der Waals surface area contributed by atoms with Crippen LogP contribution in [0.15, 0.2) is 33.3 Å². The monoisotopic (exact) mass is 357 g/mol. The lowest BCUT2D eigenvalue weighted by Gasteiger charge is -2.06. The second kappa shape index (κ2) is 5.01. The van der Waals surface area contributed by atoms with Crippen molar-refractivity contribution in [2.75, 3.05) is 12.8 Å². The van der Waals surface area contributed by atoms with Crippen LogP contribution in [0.1, 0.15) is 0 Å². The smallest absolute Gasteiger partial charge is 0.161 e. The highest BCUT2D eigenvalue weighted by Gasteiger charge is 2.07. The van der Waals surface area contributed by atoms with Crippen molar-refractivity contribution < 1.29 is 4.74 Å². The van der Waals surface area contributed by atoms with Crippen molar-refractivity contribution in [3.05, 3.63) is 33.3 Å². The van der Waals surface area contributed by atoms with Crippen molar-refractivity contribution in [1.29, 1.82) is 0 Å². The maximum atomic E-state index is 5.72. The molecule has 0 spiro atoms. The summed E-state index contributed by atoms with van der Waals surface area (Å²) in [7, 11) is 1.62. The van der Waals surface area contributed by atoms with Gasteiger partial charge in [-0.1, -0.05) is 0 Å².